The third-order valence-electron chi connectivity index (χ3n) is 6.02. The van der Waals surface area contributed by atoms with Crippen molar-refractivity contribution in [2.45, 2.75) is 51.6 Å². The van der Waals surface area contributed by atoms with Crippen molar-refractivity contribution in [3.8, 4) is 17.2 Å². The van der Waals surface area contributed by atoms with E-state index in [1.54, 1.807) is 19.1 Å². The summed E-state index contributed by atoms with van der Waals surface area (Å²) >= 11 is 0. The number of alkyl halides is 3. The summed E-state index contributed by atoms with van der Waals surface area (Å²) in [5.41, 5.74) is 1.76. The van der Waals surface area contributed by atoms with Crippen molar-refractivity contribution in [2.24, 2.45) is 5.92 Å². The lowest BCUT2D eigenvalue weighted by atomic mass is 10.1. The number of rotatable bonds is 8. The average molecular weight is 512 g/mol. The van der Waals surface area contributed by atoms with E-state index in [1.165, 1.54) is 0 Å². The number of fused-ring (bicyclic) bond motifs is 1. The molecule has 13 heteroatoms. The van der Waals surface area contributed by atoms with Gasteiger partial charge in [-0.15, -0.1) is 0 Å². The van der Waals surface area contributed by atoms with E-state index in [-0.39, 0.29) is 24.8 Å². The van der Waals surface area contributed by atoms with Gasteiger partial charge >= 0.3 is 6.18 Å². The molecule has 5 N–H and O–H groups in total. The molecule has 0 aliphatic heterocycles. The SMILES string of the molecule is CCOc1nc(C)cc2cc(-c3c(C)nc(NCC(F)(F)F)nc3N[C@@H]3C[C@H](CO)[C@@H](O)[C@H]3O)oc12. The summed E-state index contributed by atoms with van der Waals surface area (Å²) in [5, 5.41) is 36.1. The fraction of sp³-hybridized carbons (Fsp3) is 0.522. The quantitative estimate of drug-likeness (QED) is 0.306. The summed E-state index contributed by atoms with van der Waals surface area (Å²) in [6.45, 7) is 3.91. The summed E-state index contributed by atoms with van der Waals surface area (Å²) in [6.07, 6.45) is -6.67. The van der Waals surface area contributed by atoms with Gasteiger partial charge in [0.1, 0.15) is 24.2 Å². The zero-order chi connectivity index (χ0) is 26.2. The molecule has 0 aromatic carbocycles. The molecular formula is C23H28F3N5O5. The number of aryl methyl sites for hydroxylation is 2. The standard InChI is InChI=1S/C23H28F3N5O5/c1-4-35-21-19-12(5-10(2)28-21)7-15(36-19)16-11(3)29-22(27-9-23(24,25)26)31-20(16)30-14-6-13(8-32)17(33)18(14)34/h5,7,13-14,17-18,32-34H,4,6,8-9H2,1-3H3,(H2,27,29,30,31)/t13-,14-,17-,18+/m1/s1. The number of furan rings is 1. The zero-order valence-corrected chi connectivity index (χ0v) is 19.9. The topological polar surface area (TPSA) is 146 Å². The lowest BCUT2D eigenvalue weighted by Crippen LogP contribution is -2.36. The van der Waals surface area contributed by atoms with Gasteiger partial charge in [0.05, 0.1) is 30.0 Å². The molecule has 1 fully saturated rings. The van der Waals surface area contributed by atoms with Crippen LogP contribution in [0.15, 0.2) is 16.5 Å². The molecular weight excluding hydrogens is 483 g/mol. The van der Waals surface area contributed by atoms with Gasteiger partial charge in [-0.3, -0.25) is 0 Å². The van der Waals surface area contributed by atoms with E-state index in [1.807, 2.05) is 13.8 Å². The lowest BCUT2D eigenvalue weighted by Gasteiger charge is -2.21. The Labute approximate surface area is 204 Å². The van der Waals surface area contributed by atoms with Crippen LogP contribution in [0.4, 0.5) is 24.9 Å². The second kappa shape index (κ2) is 10.1. The van der Waals surface area contributed by atoms with Gasteiger partial charge in [-0.05, 0) is 39.3 Å². The highest BCUT2D eigenvalue weighted by atomic mass is 19.4. The van der Waals surface area contributed by atoms with Gasteiger partial charge in [0.25, 0.3) is 5.88 Å². The molecule has 0 amide bonds. The first kappa shape index (κ1) is 25.9. The van der Waals surface area contributed by atoms with Gasteiger partial charge in [0.15, 0.2) is 5.58 Å². The Kier molecular flexibility index (Phi) is 7.25. The molecule has 36 heavy (non-hydrogen) atoms. The van der Waals surface area contributed by atoms with Gasteiger partial charge in [0, 0.05) is 23.6 Å². The third-order valence-corrected chi connectivity index (χ3v) is 6.02. The predicted molar refractivity (Wildman–Crippen MR) is 125 cm³/mol. The second-order valence-electron chi connectivity index (χ2n) is 8.77. The Morgan fingerprint density at radius 2 is 1.89 bits per heavy atom. The molecule has 1 saturated carbocycles. The largest absolute Gasteiger partial charge is 0.475 e. The zero-order valence-electron chi connectivity index (χ0n) is 19.9. The van der Waals surface area contributed by atoms with Gasteiger partial charge in [-0.25, -0.2) is 9.97 Å². The molecule has 196 valence electrons. The number of aromatic nitrogens is 3. The van der Waals surface area contributed by atoms with Crippen LogP contribution in [0.2, 0.25) is 0 Å². The van der Waals surface area contributed by atoms with Crippen molar-refractivity contribution >= 4 is 22.7 Å². The second-order valence-corrected chi connectivity index (χ2v) is 8.77. The number of nitrogens with one attached hydrogen (secondary N) is 2. The normalized spacial score (nSPS) is 22.2. The molecule has 3 heterocycles. The van der Waals surface area contributed by atoms with Crippen molar-refractivity contribution in [1.82, 2.24) is 15.0 Å². The predicted octanol–water partition coefficient (Wildman–Crippen LogP) is 2.79. The number of anilines is 2. The van der Waals surface area contributed by atoms with Crippen LogP contribution >= 0.6 is 0 Å². The van der Waals surface area contributed by atoms with Gasteiger partial charge in [0.2, 0.25) is 5.95 Å². The molecule has 1 aliphatic rings. The molecule has 4 atom stereocenters. The first-order valence-corrected chi connectivity index (χ1v) is 11.5. The van der Waals surface area contributed by atoms with E-state index in [0.717, 1.165) is 0 Å². The molecule has 1 aliphatic carbocycles. The number of ether oxygens (including phenoxy) is 1. The highest BCUT2D eigenvalue weighted by Gasteiger charge is 2.41. The maximum atomic E-state index is 12.8. The number of aliphatic hydroxyl groups excluding tert-OH is 3. The Morgan fingerprint density at radius 3 is 2.53 bits per heavy atom. The van der Waals surface area contributed by atoms with Crippen LogP contribution in [0.3, 0.4) is 0 Å². The summed E-state index contributed by atoms with van der Waals surface area (Å²) in [6, 6.07) is 2.80. The molecule has 0 saturated heterocycles. The first-order valence-electron chi connectivity index (χ1n) is 11.5. The number of aliphatic hydroxyl groups is 3. The van der Waals surface area contributed by atoms with Crippen LogP contribution in [-0.4, -0.2) is 74.5 Å². The van der Waals surface area contributed by atoms with Crippen molar-refractivity contribution in [1.29, 1.82) is 0 Å². The molecule has 3 aromatic rings. The van der Waals surface area contributed by atoms with E-state index in [2.05, 4.69) is 25.6 Å². The fourth-order valence-corrected chi connectivity index (χ4v) is 4.36. The van der Waals surface area contributed by atoms with Crippen LogP contribution in [0, 0.1) is 19.8 Å². The highest BCUT2D eigenvalue weighted by molar-refractivity contribution is 5.89. The summed E-state index contributed by atoms with van der Waals surface area (Å²) < 4.78 is 50.0. The van der Waals surface area contributed by atoms with Crippen LogP contribution in [0.25, 0.3) is 22.3 Å². The van der Waals surface area contributed by atoms with E-state index in [4.69, 9.17) is 9.15 Å². The summed E-state index contributed by atoms with van der Waals surface area (Å²) in [4.78, 5) is 12.8. The maximum Gasteiger partial charge on any atom is 0.405 e. The minimum atomic E-state index is -4.48. The first-order chi connectivity index (χ1) is 17.0. The van der Waals surface area contributed by atoms with Crippen LogP contribution in [0.1, 0.15) is 24.7 Å². The molecule has 0 spiro atoms. The Hall–Kier alpha value is -3.16. The van der Waals surface area contributed by atoms with E-state index >= 15 is 0 Å². The smallest absolute Gasteiger partial charge is 0.405 e. The average Bonchev–Trinajstić information content (AvgIpc) is 3.33. The fourth-order valence-electron chi connectivity index (χ4n) is 4.36. The molecule has 3 aromatic heterocycles. The lowest BCUT2D eigenvalue weighted by molar-refractivity contribution is -0.115. The molecule has 0 radical (unpaired) electrons. The van der Waals surface area contributed by atoms with Crippen molar-refractivity contribution in [3.05, 3.63) is 23.5 Å². The Morgan fingerprint density at radius 1 is 1.14 bits per heavy atom. The molecule has 0 bridgehead atoms. The Balaban J connectivity index is 1.79. The van der Waals surface area contributed by atoms with Gasteiger partial charge in [-0.1, -0.05) is 0 Å². The van der Waals surface area contributed by atoms with Crippen LogP contribution in [-0.2, 0) is 0 Å². The van der Waals surface area contributed by atoms with E-state index in [0.29, 0.717) is 46.2 Å². The Bertz CT molecular complexity index is 1240. The van der Waals surface area contributed by atoms with Gasteiger partial charge < -0.3 is 35.1 Å². The number of hydrogen-bond donors (Lipinski definition) is 5. The van der Waals surface area contributed by atoms with E-state index < -0.39 is 36.9 Å². The molecule has 4 rings (SSSR count). The van der Waals surface area contributed by atoms with Crippen LogP contribution in [0.5, 0.6) is 5.88 Å². The summed E-state index contributed by atoms with van der Waals surface area (Å²) in [5.74, 6) is -0.126. The minimum absolute atomic E-state index is 0.101. The van der Waals surface area contributed by atoms with Crippen molar-refractivity contribution in [2.75, 3.05) is 30.4 Å². The van der Waals surface area contributed by atoms with Crippen LogP contribution < -0.4 is 15.4 Å². The number of nitrogens with zero attached hydrogens (tertiary/aromatic N) is 3. The number of hydrogen-bond acceptors (Lipinski definition) is 10. The summed E-state index contributed by atoms with van der Waals surface area (Å²) in [7, 11) is 0. The van der Waals surface area contributed by atoms with Gasteiger partial charge in [-0.2, -0.15) is 18.2 Å². The number of pyridine rings is 1. The van der Waals surface area contributed by atoms with E-state index in [9.17, 15) is 28.5 Å². The highest BCUT2D eigenvalue weighted by Crippen LogP contribution is 2.39. The third kappa shape index (κ3) is 5.32. The maximum absolute atomic E-state index is 12.8. The minimum Gasteiger partial charge on any atom is -0.475 e. The molecule has 0 unspecified atom stereocenters. The van der Waals surface area contributed by atoms with Crippen molar-refractivity contribution < 1.29 is 37.6 Å². The number of halogens is 3. The molecule has 10 nitrogen and oxygen atoms in total. The monoisotopic (exact) mass is 511 g/mol. The van der Waals surface area contributed by atoms with Crippen molar-refractivity contribution in [3.63, 3.8) is 0 Å².